The summed E-state index contributed by atoms with van der Waals surface area (Å²) < 4.78 is 5.06. The number of piperidine rings is 1. The molecule has 1 saturated heterocycles. The lowest BCUT2D eigenvalue weighted by Crippen LogP contribution is -2.40. The van der Waals surface area contributed by atoms with Crippen LogP contribution in [0.1, 0.15) is 37.0 Å². The van der Waals surface area contributed by atoms with Gasteiger partial charge in [0, 0.05) is 25.8 Å². The first kappa shape index (κ1) is 16.3. The van der Waals surface area contributed by atoms with Crippen molar-refractivity contribution in [3.8, 4) is 0 Å². The molecule has 0 aliphatic carbocycles. The van der Waals surface area contributed by atoms with Crippen molar-refractivity contribution >= 4 is 17.7 Å². The molecule has 0 spiro atoms. The SMILES string of the molecule is Cc1nc(C2CCCCN2C(=O)CSCCN(C)C)no1. The summed E-state index contributed by atoms with van der Waals surface area (Å²) >= 11 is 1.69. The normalized spacial score (nSPS) is 19.2. The summed E-state index contributed by atoms with van der Waals surface area (Å²) in [6.45, 7) is 3.57. The summed E-state index contributed by atoms with van der Waals surface area (Å²) in [6, 6.07) is -0.0156. The number of rotatable bonds is 6. The number of thioether (sulfide) groups is 1. The number of likely N-dealkylation sites (tertiary alicyclic amines) is 1. The van der Waals surface area contributed by atoms with Gasteiger partial charge in [-0.15, -0.1) is 0 Å². The Morgan fingerprint density at radius 1 is 1.48 bits per heavy atom. The Labute approximate surface area is 130 Å². The van der Waals surface area contributed by atoms with Crippen molar-refractivity contribution in [3.63, 3.8) is 0 Å². The number of aryl methyl sites for hydroxylation is 1. The van der Waals surface area contributed by atoms with Gasteiger partial charge < -0.3 is 14.3 Å². The van der Waals surface area contributed by atoms with Crippen molar-refractivity contribution < 1.29 is 9.32 Å². The molecule has 0 saturated carbocycles. The Morgan fingerprint density at radius 2 is 2.29 bits per heavy atom. The van der Waals surface area contributed by atoms with Crippen LogP contribution in [0.4, 0.5) is 0 Å². The van der Waals surface area contributed by atoms with Gasteiger partial charge in [0.15, 0.2) is 5.82 Å². The molecular formula is C14H24N4O2S. The van der Waals surface area contributed by atoms with Crippen LogP contribution in [0.5, 0.6) is 0 Å². The fourth-order valence-electron chi connectivity index (χ4n) is 2.44. The van der Waals surface area contributed by atoms with E-state index in [4.69, 9.17) is 4.52 Å². The van der Waals surface area contributed by atoms with Gasteiger partial charge in [-0.25, -0.2) is 0 Å². The lowest BCUT2D eigenvalue weighted by Gasteiger charge is -2.33. The molecule has 2 heterocycles. The molecule has 2 rings (SSSR count). The second kappa shape index (κ2) is 7.79. The van der Waals surface area contributed by atoms with Gasteiger partial charge in [-0.3, -0.25) is 4.79 Å². The van der Waals surface area contributed by atoms with Crippen LogP contribution in [0.2, 0.25) is 0 Å². The quantitative estimate of drug-likeness (QED) is 0.746. The average molecular weight is 312 g/mol. The topological polar surface area (TPSA) is 62.5 Å². The third-order valence-corrected chi connectivity index (χ3v) is 4.50. The second-order valence-electron chi connectivity index (χ2n) is 5.63. The molecule has 1 aromatic heterocycles. The standard InChI is InChI=1S/C14H24N4O2S/c1-11-15-14(16-20-11)12-6-4-5-7-18(12)13(19)10-21-9-8-17(2)3/h12H,4-10H2,1-3H3. The highest BCUT2D eigenvalue weighted by molar-refractivity contribution is 7.99. The Hall–Kier alpha value is -1.08. The van der Waals surface area contributed by atoms with Crippen molar-refractivity contribution in [3.05, 3.63) is 11.7 Å². The number of hydrogen-bond acceptors (Lipinski definition) is 6. The predicted octanol–water partition coefficient (Wildman–Crippen LogP) is 1.73. The Bertz CT molecular complexity index is 464. The summed E-state index contributed by atoms with van der Waals surface area (Å²) in [5.74, 6) is 2.90. The van der Waals surface area contributed by atoms with Crippen LogP contribution in [0, 0.1) is 6.92 Å². The molecule has 0 aromatic carbocycles. The molecule has 0 N–H and O–H groups in total. The lowest BCUT2D eigenvalue weighted by molar-refractivity contribution is -0.132. The molecule has 0 bridgehead atoms. The number of nitrogens with zero attached hydrogens (tertiary/aromatic N) is 4. The van der Waals surface area contributed by atoms with Gasteiger partial charge >= 0.3 is 0 Å². The second-order valence-corrected chi connectivity index (χ2v) is 6.73. The van der Waals surface area contributed by atoms with Crippen LogP contribution in [0.15, 0.2) is 4.52 Å². The summed E-state index contributed by atoms with van der Waals surface area (Å²) in [4.78, 5) is 20.8. The first-order valence-electron chi connectivity index (χ1n) is 7.40. The van der Waals surface area contributed by atoms with Crippen LogP contribution in [-0.4, -0.2) is 64.5 Å². The van der Waals surface area contributed by atoms with Gasteiger partial charge in [-0.1, -0.05) is 5.16 Å². The van der Waals surface area contributed by atoms with E-state index in [1.54, 1.807) is 18.7 Å². The molecule has 0 radical (unpaired) electrons. The van der Waals surface area contributed by atoms with Crippen LogP contribution in [-0.2, 0) is 4.79 Å². The molecule has 7 heteroatoms. The van der Waals surface area contributed by atoms with E-state index in [0.717, 1.165) is 38.1 Å². The van der Waals surface area contributed by atoms with Crippen molar-refractivity contribution in [2.24, 2.45) is 0 Å². The molecule has 1 fully saturated rings. The molecule has 1 aliphatic rings. The number of hydrogen-bond donors (Lipinski definition) is 0. The van der Waals surface area contributed by atoms with Crippen molar-refractivity contribution in [1.82, 2.24) is 19.9 Å². The van der Waals surface area contributed by atoms with Crippen molar-refractivity contribution in [2.75, 3.05) is 38.7 Å². The first-order valence-corrected chi connectivity index (χ1v) is 8.55. The van der Waals surface area contributed by atoms with E-state index in [1.165, 1.54) is 0 Å². The van der Waals surface area contributed by atoms with E-state index in [9.17, 15) is 4.79 Å². The summed E-state index contributed by atoms with van der Waals surface area (Å²) in [7, 11) is 4.09. The highest BCUT2D eigenvalue weighted by atomic mass is 32.2. The average Bonchev–Trinajstić information content (AvgIpc) is 2.89. The number of carbonyl (C=O) groups is 1. The molecule has 1 aliphatic heterocycles. The predicted molar refractivity (Wildman–Crippen MR) is 83.2 cm³/mol. The van der Waals surface area contributed by atoms with E-state index in [0.29, 0.717) is 17.5 Å². The van der Waals surface area contributed by atoms with Gasteiger partial charge in [0.05, 0.1) is 11.8 Å². The van der Waals surface area contributed by atoms with Gasteiger partial charge in [0.2, 0.25) is 11.8 Å². The first-order chi connectivity index (χ1) is 10.1. The highest BCUT2D eigenvalue weighted by Crippen LogP contribution is 2.29. The Kier molecular flexibility index (Phi) is 6.05. The van der Waals surface area contributed by atoms with E-state index >= 15 is 0 Å². The maximum Gasteiger partial charge on any atom is 0.233 e. The zero-order valence-corrected chi connectivity index (χ0v) is 13.9. The lowest BCUT2D eigenvalue weighted by atomic mass is 10.0. The fourth-order valence-corrected chi connectivity index (χ4v) is 3.42. The van der Waals surface area contributed by atoms with Crippen molar-refractivity contribution in [1.29, 1.82) is 0 Å². The minimum Gasteiger partial charge on any atom is -0.340 e. The van der Waals surface area contributed by atoms with Crippen LogP contribution in [0.25, 0.3) is 0 Å². The van der Waals surface area contributed by atoms with Crippen LogP contribution < -0.4 is 0 Å². The molecule has 1 atom stereocenters. The maximum absolute atomic E-state index is 12.4. The zero-order valence-electron chi connectivity index (χ0n) is 13.0. The largest absolute Gasteiger partial charge is 0.340 e. The summed E-state index contributed by atoms with van der Waals surface area (Å²) in [5, 5.41) is 4.00. The molecular weight excluding hydrogens is 288 g/mol. The molecule has 1 aromatic rings. The molecule has 21 heavy (non-hydrogen) atoms. The van der Waals surface area contributed by atoms with E-state index in [-0.39, 0.29) is 11.9 Å². The van der Waals surface area contributed by atoms with Gasteiger partial charge in [-0.2, -0.15) is 16.7 Å². The maximum atomic E-state index is 12.4. The number of carbonyl (C=O) groups excluding carboxylic acids is 1. The minimum atomic E-state index is -0.0156. The van der Waals surface area contributed by atoms with E-state index in [2.05, 4.69) is 15.0 Å². The van der Waals surface area contributed by atoms with Gasteiger partial charge in [0.25, 0.3) is 0 Å². The molecule has 118 valence electrons. The Balaban J connectivity index is 1.90. The number of amides is 1. The molecule has 6 nitrogen and oxygen atoms in total. The summed E-state index contributed by atoms with van der Waals surface area (Å²) in [6.07, 6.45) is 3.09. The Morgan fingerprint density at radius 3 is 2.95 bits per heavy atom. The monoisotopic (exact) mass is 312 g/mol. The third kappa shape index (κ3) is 4.71. The summed E-state index contributed by atoms with van der Waals surface area (Å²) in [5.41, 5.74) is 0. The fraction of sp³-hybridized carbons (Fsp3) is 0.786. The highest BCUT2D eigenvalue weighted by Gasteiger charge is 2.30. The third-order valence-electron chi connectivity index (χ3n) is 3.57. The molecule has 1 unspecified atom stereocenters. The van der Waals surface area contributed by atoms with Crippen LogP contribution in [0.3, 0.4) is 0 Å². The van der Waals surface area contributed by atoms with E-state index < -0.39 is 0 Å². The zero-order chi connectivity index (χ0) is 15.2. The number of aromatic nitrogens is 2. The smallest absolute Gasteiger partial charge is 0.233 e. The van der Waals surface area contributed by atoms with Crippen molar-refractivity contribution in [2.45, 2.75) is 32.2 Å². The van der Waals surface area contributed by atoms with Crippen LogP contribution >= 0.6 is 11.8 Å². The van der Waals surface area contributed by atoms with Gasteiger partial charge in [0.1, 0.15) is 0 Å². The van der Waals surface area contributed by atoms with Gasteiger partial charge in [-0.05, 0) is 33.4 Å². The molecule has 1 amide bonds. The van der Waals surface area contributed by atoms with E-state index in [1.807, 2.05) is 19.0 Å². The minimum absolute atomic E-state index is 0.0156.